The fraction of sp³-hybridized carbons (Fsp3) is 0.750. The predicted molar refractivity (Wildman–Crippen MR) is 23.1 cm³/mol. The molecule has 34 valence electrons. The van der Waals surface area contributed by atoms with Crippen molar-refractivity contribution >= 4 is 6.21 Å². The van der Waals surface area contributed by atoms with E-state index in [0.717, 1.165) is 13.0 Å². The lowest BCUT2D eigenvalue weighted by Crippen LogP contribution is -2.27. The molecule has 1 aliphatic rings. The molecule has 1 fully saturated rings. The van der Waals surface area contributed by atoms with E-state index in [1.807, 2.05) is 0 Å². The number of nitrogens with one attached hydrogen (secondary N) is 1. The molecule has 0 aromatic carbocycles. The summed E-state index contributed by atoms with van der Waals surface area (Å²) in [6.45, 7) is 0.847. The maximum atomic E-state index is 6.61. The van der Waals surface area contributed by atoms with E-state index >= 15 is 0 Å². The minimum Gasteiger partial charge on any atom is -0.372 e. The van der Waals surface area contributed by atoms with Gasteiger partial charge in [-0.2, -0.15) is 0 Å². The highest BCUT2D eigenvalue weighted by Gasteiger charge is 2.13. The molecule has 0 bridgehead atoms. The van der Waals surface area contributed by atoms with Gasteiger partial charge in [0.05, 0.1) is 12.7 Å². The van der Waals surface area contributed by atoms with E-state index in [0.29, 0.717) is 0 Å². The summed E-state index contributed by atoms with van der Waals surface area (Å²) in [5.74, 6) is 0. The number of rotatable bonds is 1. The van der Waals surface area contributed by atoms with E-state index < -0.39 is 0 Å². The third-order valence-electron chi connectivity index (χ3n) is 0.920. The molecule has 1 aliphatic heterocycles. The zero-order valence-electron chi connectivity index (χ0n) is 3.48. The minimum absolute atomic E-state index is 0.157. The van der Waals surface area contributed by atoms with Crippen LogP contribution in [0.25, 0.3) is 0 Å². The van der Waals surface area contributed by atoms with Crippen LogP contribution >= 0.6 is 0 Å². The second kappa shape index (κ2) is 1.39. The normalized spacial score (nSPS) is 31.7. The molecule has 0 amide bonds. The number of ether oxygens (including phenoxy) is 1. The molecule has 0 aliphatic carbocycles. The Labute approximate surface area is 36.6 Å². The summed E-state index contributed by atoms with van der Waals surface area (Å²) in [5, 5.41) is 6.61. The monoisotopic (exact) mass is 85.1 g/mol. The van der Waals surface area contributed by atoms with Gasteiger partial charge in [-0.1, -0.05) is 0 Å². The average molecular weight is 85.1 g/mol. The molecular formula is C4H7NO. The first kappa shape index (κ1) is 3.81. The Bertz CT molecular complexity index is 58.6. The Morgan fingerprint density at radius 1 is 1.83 bits per heavy atom. The lowest BCUT2D eigenvalue weighted by Gasteiger charge is -2.20. The van der Waals surface area contributed by atoms with Crippen molar-refractivity contribution in [3.63, 3.8) is 0 Å². The van der Waals surface area contributed by atoms with Crippen molar-refractivity contribution in [2.75, 3.05) is 6.61 Å². The van der Waals surface area contributed by atoms with E-state index in [4.69, 9.17) is 10.1 Å². The standard InChI is InChI=1S/C4H7NO/c5-3-4-1-2-6-4/h3-5H,1-2H2/t4-/m0/s1. The van der Waals surface area contributed by atoms with Crippen LogP contribution in [-0.2, 0) is 4.74 Å². The first-order valence-electron chi connectivity index (χ1n) is 2.05. The van der Waals surface area contributed by atoms with Crippen LogP contribution in [0.15, 0.2) is 0 Å². The van der Waals surface area contributed by atoms with Crippen molar-refractivity contribution < 1.29 is 4.74 Å². The maximum Gasteiger partial charge on any atom is 0.0940 e. The molecule has 1 N–H and O–H groups in total. The summed E-state index contributed by atoms with van der Waals surface area (Å²) in [6.07, 6.45) is 2.54. The van der Waals surface area contributed by atoms with Crippen LogP contribution in [0, 0.1) is 5.41 Å². The zero-order chi connectivity index (χ0) is 4.41. The fourth-order valence-corrected chi connectivity index (χ4v) is 0.385. The van der Waals surface area contributed by atoms with Gasteiger partial charge in [-0.3, -0.25) is 0 Å². The van der Waals surface area contributed by atoms with Crippen molar-refractivity contribution in [2.45, 2.75) is 12.5 Å². The van der Waals surface area contributed by atoms with Gasteiger partial charge >= 0.3 is 0 Å². The Balaban J connectivity index is 2.16. The molecule has 1 rings (SSSR count). The lowest BCUT2D eigenvalue weighted by atomic mass is 10.2. The summed E-state index contributed by atoms with van der Waals surface area (Å²) in [6, 6.07) is 0. The molecule has 0 unspecified atom stereocenters. The topological polar surface area (TPSA) is 33.1 Å². The van der Waals surface area contributed by atoms with Gasteiger partial charge in [0.1, 0.15) is 0 Å². The molecule has 0 aromatic heterocycles. The second-order valence-electron chi connectivity index (χ2n) is 1.36. The number of hydrogen-bond acceptors (Lipinski definition) is 2. The van der Waals surface area contributed by atoms with Crippen LogP contribution in [0.3, 0.4) is 0 Å². The van der Waals surface area contributed by atoms with E-state index in [1.54, 1.807) is 0 Å². The van der Waals surface area contributed by atoms with E-state index in [2.05, 4.69) is 0 Å². The van der Waals surface area contributed by atoms with Crippen LogP contribution in [-0.4, -0.2) is 18.9 Å². The molecule has 1 saturated heterocycles. The third-order valence-corrected chi connectivity index (χ3v) is 0.920. The Hall–Kier alpha value is -0.370. The first-order valence-corrected chi connectivity index (χ1v) is 2.05. The molecule has 0 spiro atoms. The summed E-state index contributed by atoms with van der Waals surface area (Å²) in [5.41, 5.74) is 0. The largest absolute Gasteiger partial charge is 0.372 e. The summed E-state index contributed by atoms with van der Waals surface area (Å²) >= 11 is 0. The molecule has 1 atom stereocenters. The van der Waals surface area contributed by atoms with Crippen LogP contribution in [0.2, 0.25) is 0 Å². The van der Waals surface area contributed by atoms with Crippen LogP contribution in [0.5, 0.6) is 0 Å². The van der Waals surface area contributed by atoms with Gasteiger partial charge in [-0.15, -0.1) is 0 Å². The van der Waals surface area contributed by atoms with E-state index in [1.165, 1.54) is 6.21 Å². The second-order valence-corrected chi connectivity index (χ2v) is 1.36. The van der Waals surface area contributed by atoms with Gasteiger partial charge in [0.2, 0.25) is 0 Å². The molecule has 2 nitrogen and oxygen atoms in total. The fourth-order valence-electron chi connectivity index (χ4n) is 0.385. The highest BCUT2D eigenvalue weighted by molar-refractivity contribution is 5.60. The Morgan fingerprint density at radius 2 is 2.50 bits per heavy atom. The predicted octanol–water partition coefficient (Wildman–Crippen LogP) is 0.425. The van der Waals surface area contributed by atoms with Crippen molar-refractivity contribution in [1.82, 2.24) is 0 Å². The van der Waals surface area contributed by atoms with Gasteiger partial charge < -0.3 is 10.1 Å². The van der Waals surface area contributed by atoms with Gasteiger partial charge in [-0.25, -0.2) is 0 Å². The summed E-state index contributed by atoms with van der Waals surface area (Å²) in [4.78, 5) is 0. The highest BCUT2D eigenvalue weighted by Crippen LogP contribution is 2.06. The number of hydrogen-bond donors (Lipinski definition) is 1. The summed E-state index contributed by atoms with van der Waals surface area (Å²) < 4.78 is 4.84. The Kier molecular flexibility index (Phi) is 0.881. The molecule has 0 radical (unpaired) electrons. The van der Waals surface area contributed by atoms with E-state index in [-0.39, 0.29) is 6.10 Å². The Morgan fingerprint density at radius 3 is 2.50 bits per heavy atom. The van der Waals surface area contributed by atoms with Crippen molar-refractivity contribution in [3.05, 3.63) is 0 Å². The third kappa shape index (κ3) is 0.431. The first-order chi connectivity index (χ1) is 2.93. The van der Waals surface area contributed by atoms with Gasteiger partial charge in [0.25, 0.3) is 0 Å². The van der Waals surface area contributed by atoms with E-state index in [9.17, 15) is 0 Å². The van der Waals surface area contributed by atoms with Crippen LogP contribution in [0.1, 0.15) is 6.42 Å². The molecule has 1 heterocycles. The zero-order valence-corrected chi connectivity index (χ0v) is 3.48. The molecule has 0 aromatic rings. The SMILES string of the molecule is N=C[C@@H]1CCO1. The van der Waals surface area contributed by atoms with Gasteiger partial charge in [-0.05, 0) is 0 Å². The van der Waals surface area contributed by atoms with Gasteiger partial charge in [0, 0.05) is 12.6 Å². The van der Waals surface area contributed by atoms with Gasteiger partial charge in [0.15, 0.2) is 0 Å². The molecule has 2 heteroatoms. The smallest absolute Gasteiger partial charge is 0.0940 e. The summed E-state index contributed by atoms with van der Waals surface area (Å²) in [7, 11) is 0. The lowest BCUT2D eigenvalue weighted by molar-refractivity contribution is -0.00284. The quantitative estimate of drug-likeness (QED) is 0.460. The van der Waals surface area contributed by atoms with Crippen molar-refractivity contribution in [2.24, 2.45) is 0 Å². The van der Waals surface area contributed by atoms with Crippen molar-refractivity contribution in [3.8, 4) is 0 Å². The average Bonchev–Trinajstić information content (AvgIpc) is 1.31. The minimum atomic E-state index is 0.157. The van der Waals surface area contributed by atoms with Crippen LogP contribution in [0.4, 0.5) is 0 Å². The van der Waals surface area contributed by atoms with Crippen LogP contribution < -0.4 is 0 Å². The highest BCUT2D eigenvalue weighted by atomic mass is 16.5. The molecular weight excluding hydrogens is 78.0 g/mol. The molecule has 6 heavy (non-hydrogen) atoms. The maximum absolute atomic E-state index is 6.61. The molecule has 0 saturated carbocycles. The van der Waals surface area contributed by atoms with Crippen molar-refractivity contribution in [1.29, 1.82) is 5.41 Å².